The maximum atomic E-state index is 13.0. The van der Waals surface area contributed by atoms with Crippen LogP contribution in [0.15, 0.2) is 23.1 Å². The first-order chi connectivity index (χ1) is 13.8. The zero-order valence-electron chi connectivity index (χ0n) is 14.4. The molecule has 160 valence electrons. The molecule has 5 nitrogen and oxygen atoms in total. The summed E-state index contributed by atoms with van der Waals surface area (Å²) in [6.07, 6.45) is -3.21. The predicted molar refractivity (Wildman–Crippen MR) is 96.3 cm³/mol. The number of alkyl halides is 6. The third-order valence-corrected chi connectivity index (χ3v) is 4.75. The van der Waals surface area contributed by atoms with Gasteiger partial charge in [-0.15, -0.1) is 0 Å². The molecule has 1 heterocycles. The van der Waals surface area contributed by atoms with Gasteiger partial charge in [-0.1, -0.05) is 23.2 Å². The summed E-state index contributed by atoms with van der Waals surface area (Å²) in [6.45, 7) is 0. The lowest BCUT2D eigenvalue weighted by molar-refractivity contribution is -0.137. The van der Waals surface area contributed by atoms with Crippen LogP contribution in [0.3, 0.4) is 0 Å². The largest absolute Gasteiger partial charge is 0.466 e. The van der Waals surface area contributed by atoms with E-state index in [-0.39, 0.29) is 0 Å². The Morgan fingerprint density at radius 2 is 1.80 bits per heavy atom. The number of rotatable bonds is 4. The molecule has 0 radical (unpaired) electrons. The lowest BCUT2D eigenvalue weighted by Crippen LogP contribution is -2.08. The van der Waals surface area contributed by atoms with Crippen LogP contribution in [0.5, 0.6) is 0 Å². The minimum Gasteiger partial charge on any atom is -0.466 e. The van der Waals surface area contributed by atoms with Crippen molar-refractivity contribution in [1.29, 1.82) is 5.26 Å². The van der Waals surface area contributed by atoms with Gasteiger partial charge in [0.15, 0.2) is 5.69 Å². The summed E-state index contributed by atoms with van der Waals surface area (Å²) in [6, 6.07) is 2.46. The molecule has 0 aliphatic rings. The van der Waals surface area contributed by atoms with Gasteiger partial charge in [0.25, 0.3) is 0 Å². The molecule has 0 saturated carbocycles. The van der Waals surface area contributed by atoms with Crippen LogP contribution in [0.25, 0.3) is 11.8 Å². The van der Waals surface area contributed by atoms with Gasteiger partial charge in [0, 0.05) is 6.08 Å². The van der Waals surface area contributed by atoms with Crippen molar-refractivity contribution in [3.63, 3.8) is 0 Å². The third kappa shape index (κ3) is 5.41. The quantitative estimate of drug-likeness (QED) is 0.232. The molecule has 1 aromatic carbocycles. The lowest BCUT2D eigenvalue weighted by Gasteiger charge is -2.14. The smallest absolute Gasteiger partial charge is 0.446 e. The number of carbonyl (C=O) groups excluding carboxylic acids is 1. The molecule has 14 heteroatoms. The lowest BCUT2D eigenvalue weighted by atomic mass is 10.2. The Kier molecular flexibility index (Phi) is 7.01. The number of benzene rings is 1. The maximum absolute atomic E-state index is 13.0. The second-order valence-corrected chi connectivity index (χ2v) is 7.17. The highest BCUT2D eigenvalue weighted by atomic mass is 35.5. The van der Waals surface area contributed by atoms with E-state index in [0.29, 0.717) is 16.8 Å². The van der Waals surface area contributed by atoms with E-state index in [1.807, 2.05) is 0 Å². The van der Waals surface area contributed by atoms with Crippen LogP contribution < -0.4 is 0 Å². The van der Waals surface area contributed by atoms with E-state index in [9.17, 15) is 36.4 Å². The molecule has 0 bridgehead atoms. The zero-order chi connectivity index (χ0) is 22.9. The highest BCUT2D eigenvalue weighted by Crippen LogP contribution is 2.43. The Labute approximate surface area is 178 Å². The number of hydrogen-bond acceptors (Lipinski definition) is 5. The summed E-state index contributed by atoms with van der Waals surface area (Å²) < 4.78 is 82.8. The fourth-order valence-corrected chi connectivity index (χ4v) is 3.49. The number of thioether (sulfide) groups is 1. The Hall–Kier alpha value is -2.36. The molecular formula is C16H7Cl2F6N3O2S. The van der Waals surface area contributed by atoms with Crippen molar-refractivity contribution in [3.05, 3.63) is 45.2 Å². The minimum absolute atomic E-state index is 0.415. The van der Waals surface area contributed by atoms with Crippen LogP contribution in [-0.4, -0.2) is 28.4 Å². The average molecular weight is 490 g/mol. The van der Waals surface area contributed by atoms with Gasteiger partial charge in [-0.3, -0.25) is 0 Å². The first-order valence-corrected chi connectivity index (χ1v) is 8.97. The number of halogens is 8. The van der Waals surface area contributed by atoms with Crippen molar-refractivity contribution in [2.75, 3.05) is 7.11 Å². The SMILES string of the molecule is COC(=O)/C=C/c1c(SC(F)(F)F)c(C#N)nn1-c1c(Cl)cc(C(F)(F)F)cc1Cl. The van der Waals surface area contributed by atoms with Gasteiger partial charge >= 0.3 is 17.7 Å². The second kappa shape index (κ2) is 8.79. The van der Waals surface area contributed by atoms with Crippen molar-refractivity contribution in [1.82, 2.24) is 9.78 Å². The number of hydrogen-bond donors (Lipinski definition) is 0. The third-order valence-electron chi connectivity index (χ3n) is 3.33. The van der Waals surface area contributed by atoms with E-state index in [2.05, 4.69) is 9.84 Å². The van der Waals surface area contributed by atoms with Crippen molar-refractivity contribution in [2.45, 2.75) is 16.6 Å². The number of esters is 1. The molecule has 1 aromatic heterocycles. The molecule has 30 heavy (non-hydrogen) atoms. The number of methoxy groups -OCH3 is 1. The van der Waals surface area contributed by atoms with Crippen LogP contribution in [0.2, 0.25) is 10.0 Å². The Balaban J connectivity index is 2.81. The zero-order valence-corrected chi connectivity index (χ0v) is 16.7. The van der Waals surface area contributed by atoms with Crippen LogP contribution in [0, 0.1) is 11.3 Å². The average Bonchev–Trinajstić information content (AvgIpc) is 2.93. The number of ether oxygens (including phenoxy) is 1. The van der Waals surface area contributed by atoms with E-state index in [1.165, 1.54) is 6.07 Å². The molecule has 2 aromatic rings. The first-order valence-electron chi connectivity index (χ1n) is 7.40. The van der Waals surface area contributed by atoms with Crippen molar-refractivity contribution in [3.8, 4) is 11.8 Å². The minimum atomic E-state index is -4.85. The number of aromatic nitrogens is 2. The molecule has 0 saturated heterocycles. The van der Waals surface area contributed by atoms with Crippen molar-refractivity contribution >= 4 is 47.0 Å². The predicted octanol–water partition coefficient (Wildman–Crippen LogP) is 5.87. The van der Waals surface area contributed by atoms with Crippen molar-refractivity contribution < 1.29 is 35.9 Å². The second-order valence-electron chi connectivity index (χ2n) is 5.28. The van der Waals surface area contributed by atoms with Gasteiger partial charge in [0.1, 0.15) is 11.8 Å². The molecular weight excluding hydrogens is 483 g/mol. The highest BCUT2D eigenvalue weighted by molar-refractivity contribution is 8.00. The summed E-state index contributed by atoms with van der Waals surface area (Å²) in [7, 11) is 1.01. The molecule has 0 unspecified atom stereocenters. The van der Waals surface area contributed by atoms with Crippen LogP contribution >= 0.6 is 35.0 Å². The molecule has 0 N–H and O–H groups in total. The van der Waals surface area contributed by atoms with E-state index in [4.69, 9.17) is 23.2 Å². The summed E-state index contributed by atoms with van der Waals surface area (Å²) in [5.74, 6) is -0.950. The van der Waals surface area contributed by atoms with E-state index >= 15 is 0 Å². The fraction of sp³-hybridized carbons (Fsp3) is 0.188. The molecule has 2 rings (SSSR count). The normalized spacial score (nSPS) is 12.3. The van der Waals surface area contributed by atoms with Crippen molar-refractivity contribution in [2.24, 2.45) is 0 Å². The summed E-state index contributed by atoms with van der Waals surface area (Å²) in [4.78, 5) is 10.7. The molecule has 0 atom stereocenters. The van der Waals surface area contributed by atoms with E-state index in [0.717, 1.165) is 19.3 Å². The number of nitriles is 1. The summed E-state index contributed by atoms with van der Waals surface area (Å²) >= 11 is 11.1. The van der Waals surface area contributed by atoms with Gasteiger partial charge in [-0.05, 0) is 30.0 Å². The van der Waals surface area contributed by atoms with Gasteiger partial charge in [0.2, 0.25) is 0 Å². The van der Waals surface area contributed by atoms with Gasteiger partial charge in [0.05, 0.1) is 33.3 Å². The summed E-state index contributed by atoms with van der Waals surface area (Å²) in [5, 5.41) is 11.7. The maximum Gasteiger partial charge on any atom is 0.446 e. The molecule has 0 fully saturated rings. The van der Waals surface area contributed by atoms with Crippen LogP contribution in [0.1, 0.15) is 17.0 Å². The number of carbonyl (C=O) groups is 1. The Bertz CT molecular complexity index is 1030. The van der Waals surface area contributed by atoms with Gasteiger partial charge in [-0.25, -0.2) is 9.48 Å². The fourth-order valence-electron chi connectivity index (χ4n) is 2.17. The molecule has 0 aliphatic carbocycles. The van der Waals surface area contributed by atoms with Gasteiger partial charge < -0.3 is 4.74 Å². The van der Waals surface area contributed by atoms with E-state index in [1.54, 1.807) is 0 Å². The van der Waals surface area contributed by atoms with Crippen LogP contribution in [-0.2, 0) is 15.7 Å². The highest BCUT2D eigenvalue weighted by Gasteiger charge is 2.36. The standard InChI is InChI=1S/C16H7Cl2F6N3O2S/c1-29-12(28)3-2-11-14(30-16(22,23)24)10(6-25)26-27(11)13-8(17)4-7(5-9(13)18)15(19,20)21/h2-5H,1H3/b3-2+. The van der Waals surface area contributed by atoms with Crippen LogP contribution in [0.4, 0.5) is 26.3 Å². The number of nitrogens with zero attached hydrogens (tertiary/aromatic N) is 3. The topological polar surface area (TPSA) is 67.9 Å². The van der Waals surface area contributed by atoms with Gasteiger partial charge in [-0.2, -0.15) is 36.7 Å². The molecule has 0 aliphatic heterocycles. The summed E-state index contributed by atoms with van der Waals surface area (Å²) in [5.41, 5.74) is -7.65. The van der Waals surface area contributed by atoms with E-state index < -0.39 is 67.0 Å². The molecule has 0 amide bonds. The monoisotopic (exact) mass is 489 g/mol. The first kappa shape index (κ1) is 23.9. The Morgan fingerprint density at radius 3 is 2.23 bits per heavy atom. The Morgan fingerprint density at radius 1 is 1.23 bits per heavy atom. The molecule has 0 spiro atoms.